The highest BCUT2D eigenvalue weighted by Crippen LogP contribution is 2.28. The lowest BCUT2D eigenvalue weighted by Crippen LogP contribution is -2.45. The molecule has 0 aromatic carbocycles. The Hall–Kier alpha value is -2.31. The number of hydrogen-bond donors (Lipinski definition) is 1. The minimum atomic E-state index is 0.0383. The van der Waals surface area contributed by atoms with Gasteiger partial charge in [-0.05, 0) is 30.7 Å². The highest BCUT2D eigenvalue weighted by molar-refractivity contribution is 5.76. The Balaban J connectivity index is 1.52. The van der Waals surface area contributed by atoms with Gasteiger partial charge in [-0.2, -0.15) is 4.98 Å². The fraction of sp³-hybridized carbons (Fsp3) is 0.588. The molecule has 0 bridgehead atoms. The summed E-state index contributed by atoms with van der Waals surface area (Å²) in [6.45, 7) is 4.43. The van der Waals surface area contributed by atoms with Gasteiger partial charge in [-0.25, -0.2) is 9.97 Å². The minimum Gasteiger partial charge on any atom is -0.353 e. The van der Waals surface area contributed by atoms with E-state index < -0.39 is 0 Å². The van der Waals surface area contributed by atoms with E-state index >= 15 is 0 Å². The van der Waals surface area contributed by atoms with Crippen LogP contribution in [0.4, 0.5) is 0 Å². The van der Waals surface area contributed by atoms with Crippen molar-refractivity contribution < 1.29 is 9.32 Å². The van der Waals surface area contributed by atoms with Crippen LogP contribution in [0.25, 0.3) is 11.6 Å². The Morgan fingerprint density at radius 1 is 1.21 bits per heavy atom. The molecule has 1 amide bonds. The number of hydrogen-bond acceptors (Lipinski definition) is 6. The average molecular weight is 329 g/mol. The Morgan fingerprint density at radius 2 is 1.92 bits per heavy atom. The molecule has 24 heavy (non-hydrogen) atoms. The first-order valence-electron chi connectivity index (χ1n) is 8.53. The second-order valence-corrected chi connectivity index (χ2v) is 6.56. The van der Waals surface area contributed by atoms with E-state index in [1.807, 2.05) is 0 Å². The van der Waals surface area contributed by atoms with E-state index in [9.17, 15) is 4.79 Å². The second-order valence-electron chi connectivity index (χ2n) is 6.56. The summed E-state index contributed by atoms with van der Waals surface area (Å²) in [6, 6.07) is 1.99. The summed E-state index contributed by atoms with van der Waals surface area (Å²) in [5.74, 6) is 2.29. The summed E-state index contributed by atoms with van der Waals surface area (Å²) in [5, 5.41) is 7.04. The zero-order valence-electron chi connectivity index (χ0n) is 14.1. The summed E-state index contributed by atoms with van der Waals surface area (Å²) in [4.78, 5) is 24.6. The topological polar surface area (TPSA) is 93.8 Å². The van der Waals surface area contributed by atoms with Crippen LogP contribution in [0.15, 0.2) is 23.0 Å². The third kappa shape index (κ3) is 3.96. The molecule has 128 valence electrons. The van der Waals surface area contributed by atoms with Crippen molar-refractivity contribution in [2.24, 2.45) is 11.8 Å². The van der Waals surface area contributed by atoms with Crippen LogP contribution >= 0.6 is 0 Å². The van der Waals surface area contributed by atoms with Crippen LogP contribution in [0.2, 0.25) is 0 Å². The van der Waals surface area contributed by atoms with Crippen molar-refractivity contribution in [3.8, 4) is 11.6 Å². The molecule has 1 fully saturated rings. The molecule has 1 aliphatic rings. The number of aromatic nitrogens is 4. The Bertz CT molecular complexity index is 663. The number of carbonyl (C=O) groups is 1. The third-order valence-electron chi connectivity index (χ3n) is 4.67. The smallest absolute Gasteiger partial charge is 0.240 e. The zero-order chi connectivity index (χ0) is 16.9. The van der Waals surface area contributed by atoms with Gasteiger partial charge in [0.05, 0.1) is 0 Å². The normalized spacial score (nSPS) is 21.6. The molecule has 0 saturated heterocycles. The Labute approximate surface area is 141 Å². The lowest BCUT2D eigenvalue weighted by atomic mass is 9.78. The molecule has 1 saturated carbocycles. The summed E-state index contributed by atoms with van der Waals surface area (Å²) in [7, 11) is 0. The fourth-order valence-electron chi connectivity index (χ4n) is 3.31. The van der Waals surface area contributed by atoms with Crippen molar-refractivity contribution in [3.63, 3.8) is 0 Å². The van der Waals surface area contributed by atoms with E-state index in [1.54, 1.807) is 18.5 Å². The fourth-order valence-corrected chi connectivity index (χ4v) is 3.31. The number of rotatable bonds is 5. The summed E-state index contributed by atoms with van der Waals surface area (Å²) in [5.41, 5.74) is 0. The van der Waals surface area contributed by atoms with E-state index in [0.717, 1.165) is 0 Å². The van der Waals surface area contributed by atoms with Crippen molar-refractivity contribution in [1.82, 2.24) is 25.4 Å². The van der Waals surface area contributed by atoms with E-state index in [2.05, 4.69) is 39.3 Å². The van der Waals surface area contributed by atoms with E-state index in [-0.39, 0.29) is 11.9 Å². The van der Waals surface area contributed by atoms with Gasteiger partial charge < -0.3 is 9.84 Å². The molecule has 2 aromatic rings. The first-order valence-corrected chi connectivity index (χ1v) is 8.53. The van der Waals surface area contributed by atoms with Gasteiger partial charge in [-0.1, -0.05) is 25.4 Å². The van der Waals surface area contributed by atoms with Gasteiger partial charge in [0, 0.05) is 31.3 Å². The highest BCUT2D eigenvalue weighted by atomic mass is 16.5. The van der Waals surface area contributed by atoms with Gasteiger partial charge >= 0.3 is 0 Å². The Morgan fingerprint density at radius 3 is 2.62 bits per heavy atom. The lowest BCUT2D eigenvalue weighted by Gasteiger charge is -2.35. The standard InChI is InChI=1S/C17H23N5O2/c1-11-5-3-6-12(2)15(11)20-13(23)7-8-14-21-17(22-24-14)16-18-9-4-10-19-16/h4,9-12,15H,3,5-8H2,1-2H3,(H,20,23)/t11-,12-/m1/s1. The van der Waals surface area contributed by atoms with Gasteiger partial charge in [-0.15, -0.1) is 0 Å². The van der Waals surface area contributed by atoms with Crippen LogP contribution in [-0.2, 0) is 11.2 Å². The summed E-state index contributed by atoms with van der Waals surface area (Å²) >= 11 is 0. The first kappa shape index (κ1) is 16.5. The molecule has 7 nitrogen and oxygen atoms in total. The average Bonchev–Trinajstić information content (AvgIpc) is 3.06. The molecule has 2 aromatic heterocycles. The molecular formula is C17H23N5O2. The molecule has 0 unspecified atom stereocenters. The third-order valence-corrected chi connectivity index (χ3v) is 4.67. The van der Waals surface area contributed by atoms with Crippen molar-refractivity contribution in [2.75, 3.05) is 0 Å². The predicted octanol–water partition coefficient (Wildman–Crippen LogP) is 2.40. The van der Waals surface area contributed by atoms with E-state index in [1.165, 1.54) is 19.3 Å². The number of amides is 1. The minimum absolute atomic E-state index is 0.0383. The maximum atomic E-state index is 12.2. The summed E-state index contributed by atoms with van der Waals surface area (Å²) in [6.07, 6.45) is 7.62. The van der Waals surface area contributed by atoms with Gasteiger partial charge in [-0.3, -0.25) is 4.79 Å². The van der Waals surface area contributed by atoms with Crippen molar-refractivity contribution in [3.05, 3.63) is 24.4 Å². The quantitative estimate of drug-likeness (QED) is 0.905. The van der Waals surface area contributed by atoms with E-state index in [0.29, 0.717) is 42.2 Å². The van der Waals surface area contributed by atoms with E-state index in [4.69, 9.17) is 4.52 Å². The van der Waals surface area contributed by atoms with Gasteiger partial charge in [0.2, 0.25) is 23.4 Å². The molecule has 1 aliphatic carbocycles. The monoisotopic (exact) mass is 329 g/mol. The highest BCUT2D eigenvalue weighted by Gasteiger charge is 2.28. The molecule has 1 N–H and O–H groups in total. The maximum absolute atomic E-state index is 12.2. The van der Waals surface area contributed by atoms with Crippen LogP contribution in [0.5, 0.6) is 0 Å². The molecule has 0 aliphatic heterocycles. The molecule has 7 heteroatoms. The molecule has 2 atom stereocenters. The SMILES string of the molecule is C[C@@H]1CCC[C@@H](C)C1NC(=O)CCc1nc(-c2ncccn2)no1. The first-order chi connectivity index (χ1) is 11.6. The van der Waals surface area contributed by atoms with Crippen molar-refractivity contribution in [2.45, 2.75) is 52.0 Å². The van der Waals surface area contributed by atoms with Crippen LogP contribution in [0.3, 0.4) is 0 Å². The molecule has 2 heterocycles. The zero-order valence-corrected chi connectivity index (χ0v) is 14.1. The maximum Gasteiger partial charge on any atom is 0.240 e. The summed E-state index contributed by atoms with van der Waals surface area (Å²) < 4.78 is 5.18. The van der Waals surface area contributed by atoms with Crippen LogP contribution in [-0.4, -0.2) is 32.1 Å². The van der Waals surface area contributed by atoms with Gasteiger partial charge in [0.15, 0.2) is 0 Å². The van der Waals surface area contributed by atoms with Crippen LogP contribution in [0.1, 0.15) is 45.4 Å². The molecule has 0 spiro atoms. The lowest BCUT2D eigenvalue weighted by molar-refractivity contribution is -0.122. The van der Waals surface area contributed by atoms with Crippen LogP contribution in [0, 0.1) is 11.8 Å². The van der Waals surface area contributed by atoms with Crippen molar-refractivity contribution in [1.29, 1.82) is 0 Å². The van der Waals surface area contributed by atoms with Crippen molar-refractivity contribution >= 4 is 5.91 Å². The second kappa shape index (κ2) is 7.51. The molecule has 0 radical (unpaired) electrons. The van der Waals surface area contributed by atoms with Crippen LogP contribution < -0.4 is 5.32 Å². The number of carbonyl (C=O) groups excluding carboxylic acids is 1. The number of aryl methyl sites for hydroxylation is 1. The van der Waals surface area contributed by atoms with Gasteiger partial charge in [0.1, 0.15) is 0 Å². The largest absolute Gasteiger partial charge is 0.353 e. The molecule has 3 rings (SSSR count). The predicted molar refractivity (Wildman–Crippen MR) is 87.8 cm³/mol. The number of nitrogens with zero attached hydrogens (tertiary/aromatic N) is 4. The number of nitrogens with one attached hydrogen (secondary N) is 1. The van der Waals surface area contributed by atoms with Gasteiger partial charge in [0.25, 0.3) is 0 Å². The Kier molecular flexibility index (Phi) is 5.17. The molecular weight excluding hydrogens is 306 g/mol.